The molecule has 1 N–H and O–H groups in total. The molecule has 0 saturated carbocycles. The number of hydrogen-bond acceptors (Lipinski definition) is 2. The molecule has 2 heterocycles. The number of fused-ring (bicyclic) bond motifs is 1. The fourth-order valence-electron chi connectivity index (χ4n) is 2.21. The average Bonchev–Trinajstić information content (AvgIpc) is 2.94. The Bertz CT molecular complexity index is 803. The van der Waals surface area contributed by atoms with Gasteiger partial charge in [-0.15, -0.1) is 0 Å². The zero-order valence-electron chi connectivity index (χ0n) is 11.5. The minimum Gasteiger partial charge on any atom is -0.346 e. The van der Waals surface area contributed by atoms with Gasteiger partial charge in [0.2, 0.25) is 0 Å². The van der Waals surface area contributed by atoms with E-state index in [1.165, 1.54) is 11.9 Å². The van der Waals surface area contributed by atoms with Crippen LogP contribution in [0.5, 0.6) is 0 Å². The van der Waals surface area contributed by atoms with Crippen LogP contribution in [0.2, 0.25) is 0 Å². The molecule has 0 bridgehead atoms. The van der Waals surface area contributed by atoms with Gasteiger partial charge in [0, 0.05) is 11.8 Å². The van der Waals surface area contributed by atoms with Crippen molar-refractivity contribution in [3.05, 3.63) is 59.7 Å². The summed E-state index contributed by atoms with van der Waals surface area (Å²) < 4.78 is 0. The van der Waals surface area contributed by atoms with Crippen molar-refractivity contribution in [2.24, 2.45) is 0 Å². The third kappa shape index (κ3) is 2.28. The maximum absolute atomic E-state index is 4.26. The van der Waals surface area contributed by atoms with Crippen LogP contribution in [0.15, 0.2) is 42.9 Å². The molecule has 0 unspecified atom stereocenters. The second-order valence-corrected chi connectivity index (χ2v) is 4.95. The lowest BCUT2D eigenvalue weighted by molar-refractivity contribution is 0.863. The van der Waals surface area contributed by atoms with Gasteiger partial charge in [0.05, 0.1) is 5.39 Å². The highest BCUT2D eigenvalue weighted by Crippen LogP contribution is 2.18. The summed E-state index contributed by atoms with van der Waals surface area (Å²) in [5.41, 5.74) is 3.90. The molecule has 20 heavy (non-hydrogen) atoms. The van der Waals surface area contributed by atoms with Crippen molar-refractivity contribution in [1.82, 2.24) is 15.0 Å². The molecule has 0 fully saturated rings. The maximum atomic E-state index is 4.26. The molecule has 0 aliphatic heterocycles. The molecule has 0 spiro atoms. The normalized spacial score (nSPS) is 10.6. The minimum absolute atomic E-state index is 0.457. The van der Waals surface area contributed by atoms with Crippen LogP contribution >= 0.6 is 0 Å². The van der Waals surface area contributed by atoms with E-state index in [0.29, 0.717) is 5.92 Å². The highest BCUT2D eigenvalue weighted by Gasteiger charge is 2.04. The second kappa shape index (κ2) is 5.18. The van der Waals surface area contributed by atoms with Crippen LogP contribution < -0.4 is 0 Å². The lowest BCUT2D eigenvalue weighted by Crippen LogP contribution is -1.92. The summed E-state index contributed by atoms with van der Waals surface area (Å²) in [5.74, 6) is 6.86. The third-order valence-corrected chi connectivity index (χ3v) is 3.25. The Balaban J connectivity index is 2.07. The molecule has 3 rings (SSSR count). The first-order chi connectivity index (χ1) is 9.75. The van der Waals surface area contributed by atoms with E-state index in [4.69, 9.17) is 0 Å². The van der Waals surface area contributed by atoms with Crippen LogP contribution in [0.1, 0.15) is 36.6 Å². The number of aromatic nitrogens is 3. The van der Waals surface area contributed by atoms with Gasteiger partial charge in [-0.25, -0.2) is 9.97 Å². The van der Waals surface area contributed by atoms with Gasteiger partial charge >= 0.3 is 0 Å². The summed E-state index contributed by atoms with van der Waals surface area (Å²) >= 11 is 0. The molecule has 98 valence electrons. The zero-order chi connectivity index (χ0) is 13.9. The minimum atomic E-state index is 0.457. The van der Waals surface area contributed by atoms with Crippen molar-refractivity contribution in [2.45, 2.75) is 19.8 Å². The summed E-state index contributed by atoms with van der Waals surface area (Å²) in [6.45, 7) is 4.35. The Morgan fingerprint density at radius 2 is 1.90 bits per heavy atom. The fraction of sp³-hybridized carbons (Fsp3) is 0.176. The van der Waals surface area contributed by atoms with Crippen molar-refractivity contribution in [3.63, 3.8) is 0 Å². The number of rotatable bonds is 1. The van der Waals surface area contributed by atoms with Crippen LogP contribution in [-0.4, -0.2) is 15.0 Å². The largest absolute Gasteiger partial charge is 0.346 e. The fourth-order valence-corrected chi connectivity index (χ4v) is 2.21. The van der Waals surface area contributed by atoms with Crippen molar-refractivity contribution in [2.75, 3.05) is 0 Å². The number of hydrogen-bond donors (Lipinski definition) is 1. The van der Waals surface area contributed by atoms with Gasteiger partial charge in [-0.2, -0.15) is 0 Å². The standard InChI is InChI=1S/C17H15N3/c1-12(2)14-6-4-3-5-13(14)7-8-16-15-9-10-18-17(15)20-11-19-16/h3-6,9-12H,1-2H3,(H,18,19,20). The lowest BCUT2D eigenvalue weighted by Gasteiger charge is -2.07. The number of nitrogens with one attached hydrogen (secondary N) is 1. The molecule has 0 atom stereocenters. The highest BCUT2D eigenvalue weighted by molar-refractivity contribution is 5.80. The van der Waals surface area contributed by atoms with E-state index >= 15 is 0 Å². The van der Waals surface area contributed by atoms with Crippen molar-refractivity contribution in [3.8, 4) is 11.8 Å². The first-order valence-electron chi connectivity index (χ1n) is 6.65. The molecular formula is C17H15N3. The molecule has 3 heteroatoms. The molecule has 0 aliphatic carbocycles. The number of aromatic amines is 1. The van der Waals surface area contributed by atoms with Gasteiger partial charge in [-0.3, -0.25) is 0 Å². The maximum Gasteiger partial charge on any atom is 0.141 e. The van der Waals surface area contributed by atoms with Gasteiger partial charge in [-0.05, 0) is 29.5 Å². The lowest BCUT2D eigenvalue weighted by atomic mass is 9.97. The second-order valence-electron chi connectivity index (χ2n) is 4.95. The molecule has 0 radical (unpaired) electrons. The Hall–Kier alpha value is -2.60. The first-order valence-corrected chi connectivity index (χ1v) is 6.65. The van der Waals surface area contributed by atoms with Gasteiger partial charge in [-0.1, -0.05) is 38.0 Å². The van der Waals surface area contributed by atoms with Gasteiger partial charge < -0.3 is 4.98 Å². The predicted molar refractivity (Wildman–Crippen MR) is 80.4 cm³/mol. The van der Waals surface area contributed by atoms with E-state index in [-0.39, 0.29) is 0 Å². The van der Waals surface area contributed by atoms with E-state index in [1.807, 2.05) is 18.3 Å². The predicted octanol–water partition coefficient (Wildman–Crippen LogP) is 3.48. The summed E-state index contributed by atoms with van der Waals surface area (Å²) in [4.78, 5) is 11.5. The third-order valence-electron chi connectivity index (χ3n) is 3.25. The molecule has 2 aromatic heterocycles. The highest BCUT2D eigenvalue weighted by atomic mass is 14.9. The summed E-state index contributed by atoms with van der Waals surface area (Å²) in [7, 11) is 0. The average molecular weight is 261 g/mol. The monoisotopic (exact) mass is 261 g/mol. The molecule has 0 aliphatic rings. The molecular weight excluding hydrogens is 246 g/mol. The molecule has 3 aromatic rings. The van der Waals surface area contributed by atoms with E-state index in [0.717, 1.165) is 22.3 Å². The van der Waals surface area contributed by atoms with Crippen LogP contribution in [0.4, 0.5) is 0 Å². The van der Waals surface area contributed by atoms with Crippen LogP contribution in [-0.2, 0) is 0 Å². The smallest absolute Gasteiger partial charge is 0.141 e. The van der Waals surface area contributed by atoms with Crippen LogP contribution in [0, 0.1) is 11.8 Å². The molecule has 3 nitrogen and oxygen atoms in total. The van der Waals surface area contributed by atoms with Crippen molar-refractivity contribution >= 4 is 11.0 Å². The Labute approximate surface area is 118 Å². The number of H-pyrrole nitrogens is 1. The summed E-state index contributed by atoms with van der Waals surface area (Å²) in [6, 6.07) is 10.2. The summed E-state index contributed by atoms with van der Waals surface area (Å²) in [6.07, 6.45) is 3.39. The Morgan fingerprint density at radius 1 is 1.05 bits per heavy atom. The van der Waals surface area contributed by atoms with Gasteiger partial charge in [0.15, 0.2) is 0 Å². The van der Waals surface area contributed by atoms with Crippen LogP contribution in [0.3, 0.4) is 0 Å². The molecule has 0 amide bonds. The molecule has 1 aromatic carbocycles. The first kappa shape index (κ1) is 12.4. The van der Waals surface area contributed by atoms with Crippen LogP contribution in [0.25, 0.3) is 11.0 Å². The zero-order valence-corrected chi connectivity index (χ0v) is 11.5. The van der Waals surface area contributed by atoms with E-state index in [2.05, 4.69) is 58.8 Å². The molecule has 0 saturated heterocycles. The SMILES string of the molecule is CC(C)c1ccccc1C#Cc1ncnc2[nH]ccc12. The van der Waals surface area contributed by atoms with Crippen molar-refractivity contribution in [1.29, 1.82) is 0 Å². The van der Waals surface area contributed by atoms with Gasteiger partial charge in [0.1, 0.15) is 17.7 Å². The number of benzene rings is 1. The quantitative estimate of drug-likeness (QED) is 0.681. The van der Waals surface area contributed by atoms with Gasteiger partial charge in [0.25, 0.3) is 0 Å². The van der Waals surface area contributed by atoms with Crippen molar-refractivity contribution < 1.29 is 0 Å². The van der Waals surface area contributed by atoms with E-state index in [9.17, 15) is 0 Å². The Kier molecular flexibility index (Phi) is 3.22. The Morgan fingerprint density at radius 3 is 2.75 bits per heavy atom. The van der Waals surface area contributed by atoms with E-state index < -0.39 is 0 Å². The van der Waals surface area contributed by atoms with E-state index in [1.54, 1.807) is 0 Å². The number of nitrogens with zero attached hydrogens (tertiary/aromatic N) is 2. The topological polar surface area (TPSA) is 41.6 Å². The summed E-state index contributed by atoms with van der Waals surface area (Å²) in [5, 5.41) is 0.960.